The number of halogens is 1. The Hall–Kier alpha value is -2.50. The fourth-order valence-electron chi connectivity index (χ4n) is 3.41. The number of rotatable bonds is 4. The smallest absolute Gasteiger partial charge is 0.253 e. The molecule has 0 saturated heterocycles. The second-order valence-electron chi connectivity index (χ2n) is 6.65. The number of aliphatic hydroxyl groups excluding tert-OH is 1. The number of nitrogens with zero attached hydrogens (tertiary/aromatic N) is 2. The van der Waals surface area contributed by atoms with Gasteiger partial charge in [-0.3, -0.25) is 14.8 Å². The summed E-state index contributed by atoms with van der Waals surface area (Å²) in [6.45, 7) is 0. The van der Waals surface area contributed by atoms with Gasteiger partial charge in [-0.05, 0) is 42.5 Å². The van der Waals surface area contributed by atoms with Crippen molar-refractivity contribution in [1.82, 2.24) is 15.3 Å². The summed E-state index contributed by atoms with van der Waals surface area (Å²) in [6.07, 6.45) is 5.80. The number of hydrogen-bond donors (Lipinski definition) is 2. The number of hydrogen-bond acceptors (Lipinski definition) is 4. The number of nitrogens with one attached hydrogen (secondary N) is 1. The van der Waals surface area contributed by atoms with Gasteiger partial charge in [-0.15, -0.1) is 0 Å². The first-order valence-electron chi connectivity index (χ1n) is 8.55. The van der Waals surface area contributed by atoms with Gasteiger partial charge in [0.25, 0.3) is 5.91 Å². The Bertz CT molecular complexity index is 956. The molecule has 0 bridgehead atoms. The zero-order valence-electron chi connectivity index (χ0n) is 14.0. The van der Waals surface area contributed by atoms with E-state index in [9.17, 15) is 9.90 Å². The van der Waals surface area contributed by atoms with Gasteiger partial charge in [-0.1, -0.05) is 29.8 Å². The van der Waals surface area contributed by atoms with E-state index < -0.39 is 0 Å². The van der Waals surface area contributed by atoms with E-state index in [2.05, 4.69) is 15.3 Å². The fourth-order valence-corrected chi connectivity index (χ4v) is 3.62. The van der Waals surface area contributed by atoms with Crippen LogP contribution in [-0.2, 0) is 0 Å². The van der Waals surface area contributed by atoms with Crippen LogP contribution in [0.3, 0.4) is 0 Å². The van der Waals surface area contributed by atoms with Crippen molar-refractivity contribution in [2.45, 2.75) is 25.0 Å². The third-order valence-corrected chi connectivity index (χ3v) is 5.20. The molecule has 132 valence electrons. The molecule has 26 heavy (non-hydrogen) atoms. The maximum atomic E-state index is 12.7. The van der Waals surface area contributed by atoms with Crippen LogP contribution in [-0.4, -0.2) is 27.1 Å². The van der Waals surface area contributed by atoms with Gasteiger partial charge in [-0.25, -0.2) is 0 Å². The summed E-state index contributed by atoms with van der Waals surface area (Å²) >= 11 is 6.10. The standard InChI is InChI=1S/C20H18ClN3O2/c21-17-11-22-6-5-16(17)20(26)24-19(13-8-15(25)9-13)14-7-12-3-1-2-4-18(12)23-10-14/h1-7,10-11,13,15,19,25H,8-9H2,(H,24,26)/t13?,15?,19-/m0/s1. The topological polar surface area (TPSA) is 75.1 Å². The summed E-state index contributed by atoms with van der Waals surface area (Å²) in [6, 6.07) is 11.3. The lowest BCUT2D eigenvalue weighted by molar-refractivity contribution is 0.0235. The monoisotopic (exact) mass is 367 g/mol. The number of para-hydroxylation sites is 1. The molecule has 2 heterocycles. The predicted octanol–water partition coefficient (Wildman–Crippen LogP) is 3.53. The van der Waals surface area contributed by atoms with Gasteiger partial charge < -0.3 is 10.4 Å². The molecular formula is C20H18ClN3O2. The van der Waals surface area contributed by atoms with Crippen LogP contribution in [0.2, 0.25) is 5.02 Å². The van der Waals surface area contributed by atoms with E-state index >= 15 is 0 Å². The number of carbonyl (C=O) groups is 1. The summed E-state index contributed by atoms with van der Waals surface area (Å²) in [5, 5.41) is 14.1. The number of aliphatic hydroxyl groups is 1. The molecule has 1 fully saturated rings. The Labute approximate surface area is 156 Å². The molecule has 0 unspecified atom stereocenters. The highest BCUT2D eigenvalue weighted by atomic mass is 35.5. The Morgan fingerprint density at radius 2 is 2.04 bits per heavy atom. The third kappa shape index (κ3) is 3.28. The van der Waals surface area contributed by atoms with E-state index in [0.29, 0.717) is 23.4 Å². The minimum absolute atomic E-state index is 0.164. The van der Waals surface area contributed by atoms with E-state index in [4.69, 9.17) is 11.6 Å². The maximum absolute atomic E-state index is 12.7. The van der Waals surface area contributed by atoms with E-state index in [1.54, 1.807) is 18.5 Å². The third-order valence-electron chi connectivity index (χ3n) is 4.90. The lowest BCUT2D eigenvalue weighted by Gasteiger charge is -2.38. The van der Waals surface area contributed by atoms with Crippen molar-refractivity contribution in [3.8, 4) is 0 Å². The lowest BCUT2D eigenvalue weighted by Crippen LogP contribution is -2.41. The highest BCUT2D eigenvalue weighted by molar-refractivity contribution is 6.33. The minimum Gasteiger partial charge on any atom is -0.393 e. The number of carbonyl (C=O) groups excluding carboxylic acids is 1. The second-order valence-corrected chi connectivity index (χ2v) is 7.06. The molecule has 1 aromatic carbocycles. The quantitative estimate of drug-likeness (QED) is 0.739. The lowest BCUT2D eigenvalue weighted by atomic mass is 9.75. The molecule has 4 rings (SSSR count). The number of benzene rings is 1. The van der Waals surface area contributed by atoms with Gasteiger partial charge in [0.15, 0.2) is 0 Å². The molecule has 1 aliphatic carbocycles. The minimum atomic E-state index is -0.308. The number of aromatic nitrogens is 2. The van der Waals surface area contributed by atoms with Crippen LogP contribution in [0.1, 0.15) is 34.8 Å². The molecule has 5 nitrogen and oxygen atoms in total. The molecule has 1 saturated carbocycles. The van der Waals surface area contributed by atoms with Crippen LogP contribution in [0.5, 0.6) is 0 Å². The average Bonchev–Trinajstić information content (AvgIpc) is 2.63. The molecule has 1 atom stereocenters. The average molecular weight is 368 g/mol. The summed E-state index contributed by atoms with van der Waals surface area (Å²) in [4.78, 5) is 21.2. The van der Waals surface area contributed by atoms with Gasteiger partial charge in [0, 0.05) is 24.0 Å². The van der Waals surface area contributed by atoms with Gasteiger partial charge in [-0.2, -0.15) is 0 Å². The normalized spacial score (nSPS) is 20.4. The Kier molecular flexibility index (Phi) is 4.57. The summed E-state index contributed by atoms with van der Waals surface area (Å²) in [5.41, 5.74) is 2.23. The molecule has 3 aromatic rings. The zero-order chi connectivity index (χ0) is 18.1. The second kappa shape index (κ2) is 7.02. The van der Waals surface area contributed by atoms with Gasteiger partial charge in [0.05, 0.1) is 28.2 Å². The van der Waals surface area contributed by atoms with Gasteiger partial charge in [0.1, 0.15) is 0 Å². The van der Waals surface area contributed by atoms with Crippen LogP contribution in [0.15, 0.2) is 55.0 Å². The van der Waals surface area contributed by atoms with Crippen LogP contribution in [0, 0.1) is 5.92 Å². The van der Waals surface area contributed by atoms with Gasteiger partial charge in [0.2, 0.25) is 0 Å². The van der Waals surface area contributed by atoms with Crippen molar-refractivity contribution in [1.29, 1.82) is 0 Å². The largest absolute Gasteiger partial charge is 0.393 e. The first-order valence-corrected chi connectivity index (χ1v) is 8.93. The maximum Gasteiger partial charge on any atom is 0.253 e. The number of pyridine rings is 2. The van der Waals surface area contributed by atoms with Crippen LogP contribution < -0.4 is 5.32 Å². The zero-order valence-corrected chi connectivity index (χ0v) is 14.7. The van der Waals surface area contributed by atoms with Crippen molar-refractivity contribution in [2.24, 2.45) is 5.92 Å². The van der Waals surface area contributed by atoms with Crippen molar-refractivity contribution >= 4 is 28.4 Å². The van der Waals surface area contributed by atoms with E-state index in [1.165, 1.54) is 6.20 Å². The van der Waals surface area contributed by atoms with Crippen molar-refractivity contribution < 1.29 is 9.90 Å². The van der Waals surface area contributed by atoms with Crippen molar-refractivity contribution in [2.75, 3.05) is 0 Å². The van der Waals surface area contributed by atoms with Crippen molar-refractivity contribution in [3.05, 3.63) is 71.1 Å². The van der Waals surface area contributed by atoms with Crippen LogP contribution in [0.25, 0.3) is 10.9 Å². The van der Waals surface area contributed by atoms with Crippen molar-refractivity contribution in [3.63, 3.8) is 0 Å². The number of fused-ring (bicyclic) bond motifs is 1. The highest BCUT2D eigenvalue weighted by Gasteiger charge is 2.36. The van der Waals surface area contributed by atoms with Crippen LogP contribution >= 0.6 is 11.6 Å². The van der Waals surface area contributed by atoms with E-state index in [-0.39, 0.29) is 24.0 Å². The summed E-state index contributed by atoms with van der Waals surface area (Å²) < 4.78 is 0. The molecule has 6 heteroatoms. The highest BCUT2D eigenvalue weighted by Crippen LogP contribution is 2.38. The van der Waals surface area contributed by atoms with Gasteiger partial charge >= 0.3 is 0 Å². The summed E-state index contributed by atoms with van der Waals surface area (Å²) in [7, 11) is 0. The molecular weight excluding hydrogens is 350 g/mol. The molecule has 1 aliphatic rings. The van der Waals surface area contributed by atoms with E-state index in [1.807, 2.05) is 30.3 Å². The molecule has 1 amide bonds. The SMILES string of the molecule is O=C(N[C@H](c1cnc2ccccc2c1)C1CC(O)C1)c1ccncc1Cl. The molecule has 2 aromatic heterocycles. The Morgan fingerprint density at radius 3 is 2.81 bits per heavy atom. The Balaban J connectivity index is 1.65. The first kappa shape index (κ1) is 16.9. The first-order chi connectivity index (χ1) is 12.6. The fraction of sp³-hybridized carbons (Fsp3) is 0.250. The van der Waals surface area contributed by atoms with Crippen LogP contribution in [0.4, 0.5) is 0 Å². The Morgan fingerprint density at radius 1 is 1.23 bits per heavy atom. The molecule has 0 aliphatic heterocycles. The molecule has 0 radical (unpaired) electrons. The predicted molar refractivity (Wildman–Crippen MR) is 99.9 cm³/mol. The molecule has 0 spiro atoms. The summed E-state index contributed by atoms with van der Waals surface area (Å²) in [5.74, 6) is -0.0885. The van der Waals surface area contributed by atoms with E-state index in [0.717, 1.165) is 16.5 Å². The number of amides is 1. The molecule has 2 N–H and O–H groups in total.